The molecule has 3 rings (SSSR count). The van der Waals surface area contributed by atoms with Gasteiger partial charge in [-0.2, -0.15) is 0 Å². The van der Waals surface area contributed by atoms with Crippen molar-refractivity contribution in [3.8, 4) is 0 Å². The normalized spacial score (nSPS) is 24.2. The summed E-state index contributed by atoms with van der Waals surface area (Å²) in [6.07, 6.45) is 4.16. The summed E-state index contributed by atoms with van der Waals surface area (Å²) in [5.41, 5.74) is 0. The molecule has 0 aromatic heterocycles. The zero-order valence-corrected chi connectivity index (χ0v) is 15.1. The van der Waals surface area contributed by atoms with Gasteiger partial charge in [-0.1, -0.05) is 0 Å². The molecule has 8 nitrogen and oxygen atoms in total. The number of nitrogens with one attached hydrogen (secondary N) is 3. The number of imide groups is 1. The van der Waals surface area contributed by atoms with Gasteiger partial charge in [-0.05, 0) is 39.5 Å². The minimum atomic E-state index is -0.400. The second kappa shape index (κ2) is 7.70. The van der Waals surface area contributed by atoms with Crippen molar-refractivity contribution in [1.82, 2.24) is 25.8 Å². The van der Waals surface area contributed by atoms with E-state index < -0.39 is 6.03 Å². The minimum Gasteiger partial charge on any atom is -0.352 e. The standard InChI is InChI=1S/C17H29N5O3/c1-11(15(23)18-13-3-4-13)21-7-9-22(10-8-21)12(2)16(24)20-17(25)19-14-5-6-14/h11-14H,3-10H2,1-2H3,(H,18,23)(H2,19,20,24,25)/t11-,12+/m0/s1. The highest BCUT2D eigenvalue weighted by Gasteiger charge is 2.32. The van der Waals surface area contributed by atoms with Gasteiger partial charge in [0.05, 0.1) is 12.1 Å². The highest BCUT2D eigenvalue weighted by molar-refractivity contribution is 5.97. The lowest BCUT2D eigenvalue weighted by Crippen LogP contribution is -2.58. The molecule has 0 unspecified atom stereocenters. The molecule has 0 aromatic rings. The van der Waals surface area contributed by atoms with Gasteiger partial charge in [0.2, 0.25) is 11.8 Å². The van der Waals surface area contributed by atoms with Crippen molar-refractivity contribution >= 4 is 17.8 Å². The van der Waals surface area contributed by atoms with Crippen LogP contribution in [0.2, 0.25) is 0 Å². The molecule has 3 aliphatic rings. The van der Waals surface area contributed by atoms with E-state index in [2.05, 4.69) is 25.8 Å². The number of piperazine rings is 1. The Balaban J connectivity index is 1.40. The summed E-state index contributed by atoms with van der Waals surface area (Å²) in [5.74, 6) is -0.176. The van der Waals surface area contributed by atoms with Crippen LogP contribution >= 0.6 is 0 Å². The van der Waals surface area contributed by atoms with Gasteiger partial charge >= 0.3 is 6.03 Å². The molecule has 1 saturated heterocycles. The molecule has 1 aliphatic heterocycles. The summed E-state index contributed by atoms with van der Waals surface area (Å²) in [6.45, 7) is 6.65. The summed E-state index contributed by atoms with van der Waals surface area (Å²) >= 11 is 0. The van der Waals surface area contributed by atoms with E-state index in [1.807, 2.05) is 13.8 Å². The van der Waals surface area contributed by atoms with Crippen molar-refractivity contribution < 1.29 is 14.4 Å². The predicted octanol–water partition coefficient (Wildman–Crippen LogP) is -0.352. The van der Waals surface area contributed by atoms with Crippen molar-refractivity contribution in [2.75, 3.05) is 26.2 Å². The molecule has 140 valence electrons. The Labute approximate surface area is 148 Å². The molecule has 2 atom stereocenters. The van der Waals surface area contributed by atoms with E-state index in [1.54, 1.807) is 0 Å². The second-order valence-corrected chi connectivity index (χ2v) is 7.44. The largest absolute Gasteiger partial charge is 0.352 e. The molecule has 4 amide bonds. The maximum atomic E-state index is 12.2. The Kier molecular flexibility index (Phi) is 5.58. The topological polar surface area (TPSA) is 93.8 Å². The summed E-state index contributed by atoms with van der Waals surface area (Å²) < 4.78 is 0. The first kappa shape index (κ1) is 18.1. The van der Waals surface area contributed by atoms with Crippen LogP contribution in [0.4, 0.5) is 4.79 Å². The lowest BCUT2D eigenvalue weighted by Gasteiger charge is -2.39. The molecule has 25 heavy (non-hydrogen) atoms. The summed E-state index contributed by atoms with van der Waals surface area (Å²) in [6, 6.07) is -0.293. The Morgan fingerprint density at radius 3 is 1.68 bits per heavy atom. The van der Waals surface area contributed by atoms with Crippen molar-refractivity contribution in [1.29, 1.82) is 0 Å². The molecule has 1 heterocycles. The number of amides is 4. The van der Waals surface area contributed by atoms with Crippen LogP contribution in [0, 0.1) is 0 Å². The SMILES string of the molecule is C[C@H](C(=O)NC(=O)NC1CC1)N1CCN([C@@H](C)C(=O)NC2CC2)CC1. The van der Waals surface area contributed by atoms with Crippen molar-refractivity contribution in [2.24, 2.45) is 0 Å². The Morgan fingerprint density at radius 2 is 1.20 bits per heavy atom. The van der Waals surface area contributed by atoms with E-state index in [0.29, 0.717) is 19.1 Å². The van der Waals surface area contributed by atoms with Crippen LogP contribution in [-0.2, 0) is 9.59 Å². The van der Waals surface area contributed by atoms with Gasteiger partial charge in [-0.25, -0.2) is 4.79 Å². The second-order valence-electron chi connectivity index (χ2n) is 7.44. The van der Waals surface area contributed by atoms with Gasteiger partial charge in [0.15, 0.2) is 0 Å². The first-order chi connectivity index (χ1) is 11.9. The average Bonchev–Trinajstić information content (AvgIpc) is 3.50. The fraction of sp³-hybridized carbons (Fsp3) is 0.824. The summed E-state index contributed by atoms with van der Waals surface area (Å²) in [7, 11) is 0. The van der Waals surface area contributed by atoms with Gasteiger partial charge in [-0.3, -0.25) is 24.7 Å². The number of hydrogen-bond donors (Lipinski definition) is 3. The van der Waals surface area contributed by atoms with E-state index in [0.717, 1.165) is 38.8 Å². The van der Waals surface area contributed by atoms with Crippen molar-refractivity contribution in [2.45, 2.75) is 63.7 Å². The first-order valence-electron chi connectivity index (χ1n) is 9.34. The fourth-order valence-electron chi connectivity index (χ4n) is 3.06. The van der Waals surface area contributed by atoms with Crippen LogP contribution in [0.3, 0.4) is 0 Å². The lowest BCUT2D eigenvalue weighted by molar-refractivity contribution is -0.129. The molecule has 2 aliphatic carbocycles. The maximum absolute atomic E-state index is 12.2. The third-order valence-electron chi connectivity index (χ3n) is 5.28. The third kappa shape index (κ3) is 5.15. The fourth-order valence-corrected chi connectivity index (χ4v) is 3.06. The Hall–Kier alpha value is -1.67. The number of rotatable bonds is 6. The van der Waals surface area contributed by atoms with Gasteiger partial charge in [0.25, 0.3) is 0 Å². The van der Waals surface area contributed by atoms with Crippen LogP contribution in [0.25, 0.3) is 0 Å². The minimum absolute atomic E-state index is 0.0958. The van der Waals surface area contributed by atoms with E-state index >= 15 is 0 Å². The highest BCUT2D eigenvalue weighted by atomic mass is 16.2. The number of urea groups is 1. The smallest absolute Gasteiger partial charge is 0.321 e. The predicted molar refractivity (Wildman–Crippen MR) is 92.9 cm³/mol. The van der Waals surface area contributed by atoms with Crippen LogP contribution in [-0.4, -0.2) is 78.0 Å². The van der Waals surface area contributed by atoms with Crippen molar-refractivity contribution in [3.63, 3.8) is 0 Å². The van der Waals surface area contributed by atoms with E-state index in [4.69, 9.17) is 0 Å². The number of nitrogens with zero attached hydrogens (tertiary/aromatic N) is 2. The molecular formula is C17H29N5O3. The van der Waals surface area contributed by atoms with Crippen LogP contribution in [0.5, 0.6) is 0 Å². The first-order valence-corrected chi connectivity index (χ1v) is 9.34. The monoisotopic (exact) mass is 351 g/mol. The van der Waals surface area contributed by atoms with Gasteiger partial charge in [-0.15, -0.1) is 0 Å². The number of hydrogen-bond acceptors (Lipinski definition) is 5. The quantitative estimate of drug-likeness (QED) is 0.608. The molecule has 0 radical (unpaired) electrons. The van der Waals surface area contributed by atoms with Crippen LogP contribution in [0.1, 0.15) is 39.5 Å². The lowest BCUT2D eigenvalue weighted by atomic mass is 10.1. The maximum Gasteiger partial charge on any atom is 0.321 e. The van der Waals surface area contributed by atoms with Crippen LogP contribution in [0.15, 0.2) is 0 Å². The van der Waals surface area contributed by atoms with E-state index in [9.17, 15) is 14.4 Å². The molecule has 0 bridgehead atoms. The molecule has 3 fully saturated rings. The van der Waals surface area contributed by atoms with E-state index in [-0.39, 0.29) is 29.9 Å². The zero-order chi connectivity index (χ0) is 18.0. The highest BCUT2D eigenvalue weighted by Crippen LogP contribution is 2.19. The molecule has 0 spiro atoms. The Bertz CT molecular complexity index is 524. The molecule has 0 aromatic carbocycles. The van der Waals surface area contributed by atoms with Gasteiger partial charge < -0.3 is 10.6 Å². The van der Waals surface area contributed by atoms with Crippen molar-refractivity contribution in [3.05, 3.63) is 0 Å². The molecular weight excluding hydrogens is 322 g/mol. The van der Waals surface area contributed by atoms with Crippen LogP contribution < -0.4 is 16.0 Å². The average molecular weight is 351 g/mol. The molecule has 8 heteroatoms. The molecule has 3 N–H and O–H groups in total. The van der Waals surface area contributed by atoms with Gasteiger partial charge in [0, 0.05) is 38.3 Å². The van der Waals surface area contributed by atoms with E-state index in [1.165, 1.54) is 0 Å². The summed E-state index contributed by atoms with van der Waals surface area (Å²) in [5, 5.41) is 8.22. The summed E-state index contributed by atoms with van der Waals surface area (Å²) in [4.78, 5) is 40.3. The number of carbonyl (C=O) groups is 3. The number of carbonyl (C=O) groups excluding carboxylic acids is 3. The van der Waals surface area contributed by atoms with Gasteiger partial charge in [0.1, 0.15) is 0 Å². The zero-order valence-electron chi connectivity index (χ0n) is 15.1. The third-order valence-corrected chi connectivity index (χ3v) is 5.28. The Morgan fingerprint density at radius 1 is 0.760 bits per heavy atom. The molecule has 2 saturated carbocycles.